The molecule has 544 valence electrons. The minimum absolute atomic E-state index is 0. The Hall–Kier alpha value is -3.04. The van der Waals surface area contributed by atoms with E-state index < -0.39 is 96.6 Å². The van der Waals surface area contributed by atoms with Crippen molar-refractivity contribution in [2.45, 2.75) is 312 Å². The monoisotopic (exact) mass is 1410 g/mol. The van der Waals surface area contributed by atoms with Crippen molar-refractivity contribution in [3.8, 4) is 0 Å². The summed E-state index contributed by atoms with van der Waals surface area (Å²) < 4.78 is 68.8. The first-order chi connectivity index (χ1) is 44.0. The first-order valence-corrected chi connectivity index (χ1v) is 34.5. The van der Waals surface area contributed by atoms with Crippen LogP contribution in [0, 0.1) is 0 Å². The number of unbranched alkanes of at least 4 members (excludes halogenated alkanes) is 12. The molecule has 0 aromatic carbocycles. The minimum Gasteiger partial charge on any atom is -0.550 e. The number of ether oxygens (including phenoxy) is 12. The van der Waals surface area contributed by atoms with Gasteiger partial charge in [-0.2, -0.15) is 0 Å². The van der Waals surface area contributed by atoms with Crippen LogP contribution in [-0.4, -0.2) is 150 Å². The second-order valence-electron chi connectivity index (χ2n) is 22.2. The molecule has 0 aromatic rings. The molecule has 0 amide bonds. The van der Waals surface area contributed by atoms with Gasteiger partial charge in [0, 0.05) is 49.6 Å². The maximum atomic E-state index is 11.9. The van der Waals surface area contributed by atoms with E-state index in [9.17, 15) is 58.8 Å². The summed E-state index contributed by atoms with van der Waals surface area (Å²) in [7, 11) is 0. The van der Waals surface area contributed by atoms with Gasteiger partial charge >= 0.3 is 26.2 Å². The van der Waals surface area contributed by atoms with Crippen LogP contribution in [0.15, 0.2) is 0 Å². The fourth-order valence-corrected chi connectivity index (χ4v) is 7.44. The second kappa shape index (κ2) is 67.5. The third-order valence-electron chi connectivity index (χ3n) is 12.9. The van der Waals surface area contributed by atoms with Gasteiger partial charge in [0.25, 0.3) is 23.9 Å². The van der Waals surface area contributed by atoms with Gasteiger partial charge in [0.05, 0.1) is 105 Å². The van der Waals surface area contributed by atoms with E-state index in [1.807, 2.05) is 83.1 Å². The molecule has 0 bridgehead atoms. The number of carbonyl (C=O) groups is 8. The summed E-state index contributed by atoms with van der Waals surface area (Å²) >= 11 is 0. The quantitative estimate of drug-likeness (QED) is 0.0312. The number of carbonyl (C=O) groups excluding carboxylic acids is 8. The van der Waals surface area contributed by atoms with E-state index in [0.717, 1.165) is 154 Å². The van der Waals surface area contributed by atoms with Gasteiger partial charge in [0.15, 0.2) is 0 Å². The van der Waals surface area contributed by atoms with Gasteiger partial charge in [-0.05, 0) is 77.0 Å². The Morgan fingerprint density at radius 3 is 0.387 bits per heavy atom. The fraction of sp³-hybridized carbons (Fsp3) is 0.882. The van der Waals surface area contributed by atoms with Crippen LogP contribution in [0.3, 0.4) is 0 Å². The van der Waals surface area contributed by atoms with Crippen molar-refractivity contribution in [2.75, 3.05) is 79.3 Å². The van der Waals surface area contributed by atoms with Gasteiger partial charge in [-0.1, -0.05) is 160 Å². The van der Waals surface area contributed by atoms with Gasteiger partial charge in [-0.15, -0.1) is 0 Å². The molecule has 0 aliphatic rings. The topological polar surface area (TPSA) is 340 Å². The number of ketones is 4. The fourth-order valence-electron chi connectivity index (χ4n) is 7.44. The van der Waals surface area contributed by atoms with E-state index >= 15 is 0 Å². The zero-order chi connectivity index (χ0) is 70.2. The Morgan fingerprint density at radius 2 is 0.312 bits per heavy atom. The van der Waals surface area contributed by atoms with Gasteiger partial charge in [0.1, 0.15) is 23.1 Å². The zero-order valence-corrected chi connectivity index (χ0v) is 61.9. The van der Waals surface area contributed by atoms with E-state index in [1.165, 1.54) is 0 Å². The van der Waals surface area contributed by atoms with Crippen LogP contribution < -0.4 is 20.4 Å². The van der Waals surface area contributed by atoms with E-state index in [-0.39, 0.29) is 51.9 Å². The molecule has 24 nitrogen and oxygen atoms in total. The molecule has 0 saturated carbocycles. The Labute approximate surface area is 577 Å². The average Bonchev–Trinajstić information content (AvgIpc) is 1.11. The van der Waals surface area contributed by atoms with E-state index in [0.29, 0.717) is 79.3 Å². The number of carboxylic acid groups (broad SMARTS) is 4. The Morgan fingerprint density at radius 1 is 0.215 bits per heavy atom. The van der Waals surface area contributed by atoms with Gasteiger partial charge < -0.3 is 96.4 Å². The molecule has 0 aliphatic carbocycles. The number of Topliss-reactive ketones (excluding diaryl/α,β-unsaturated/α-hetero) is 4. The molecule has 0 rings (SSSR count). The Bertz CT molecular complexity index is 1470. The number of hydrogen-bond acceptors (Lipinski definition) is 24. The van der Waals surface area contributed by atoms with Crippen molar-refractivity contribution in [3.05, 3.63) is 0 Å². The van der Waals surface area contributed by atoms with Crippen molar-refractivity contribution in [2.24, 2.45) is 0 Å². The van der Waals surface area contributed by atoms with Gasteiger partial charge in [0.2, 0.25) is 0 Å². The van der Waals surface area contributed by atoms with Crippen LogP contribution in [0.2, 0.25) is 0 Å². The summed E-state index contributed by atoms with van der Waals surface area (Å²) in [5.41, 5.74) is 0. The molecule has 0 atom stereocenters. The summed E-state index contributed by atoms with van der Waals surface area (Å²) in [5, 5.41) is 42.5. The van der Waals surface area contributed by atoms with Crippen LogP contribution in [0.4, 0.5) is 0 Å². The molecule has 0 radical (unpaired) electrons. The molecule has 0 aromatic heterocycles. The van der Waals surface area contributed by atoms with Gasteiger partial charge in [-0.3, -0.25) is 19.2 Å². The molecule has 0 spiro atoms. The van der Waals surface area contributed by atoms with Crippen molar-refractivity contribution in [1.29, 1.82) is 0 Å². The molecule has 93 heavy (non-hydrogen) atoms. The largest absolute Gasteiger partial charge is 4.00 e. The molecule has 0 N–H and O–H groups in total. The van der Waals surface area contributed by atoms with Crippen LogP contribution in [0.5, 0.6) is 0 Å². The van der Waals surface area contributed by atoms with Crippen molar-refractivity contribution in [1.82, 2.24) is 0 Å². The molecule has 0 heterocycles. The molecule has 0 aliphatic heterocycles. The van der Waals surface area contributed by atoms with E-state index in [2.05, 4.69) is 0 Å². The molecular weight excluding hydrogens is 1290 g/mol. The number of carboxylic acids is 4. The van der Waals surface area contributed by atoms with Crippen molar-refractivity contribution in [3.63, 3.8) is 0 Å². The van der Waals surface area contributed by atoms with Crippen LogP contribution in [-0.2, 0) is 121 Å². The van der Waals surface area contributed by atoms with Crippen LogP contribution in [0.25, 0.3) is 0 Å². The Kier molecular flexibility index (Phi) is 71.6. The van der Waals surface area contributed by atoms with Crippen LogP contribution >= 0.6 is 0 Å². The maximum Gasteiger partial charge on any atom is 4.00 e. The molecule has 25 heteroatoms. The third kappa shape index (κ3) is 61.1. The molecule has 0 fully saturated rings. The smallest absolute Gasteiger partial charge is 0.550 e. The first kappa shape index (κ1) is 98.6. The average molecular weight is 1420 g/mol. The summed E-state index contributed by atoms with van der Waals surface area (Å²) in [5.74, 6) is -13.6. The number of rotatable bonds is 64. The summed E-state index contributed by atoms with van der Waals surface area (Å²) in [6.45, 7) is 29.1. The van der Waals surface area contributed by atoms with Crippen LogP contribution in [0.1, 0.15) is 289 Å². The summed E-state index contributed by atoms with van der Waals surface area (Å²) in [4.78, 5) is 90.1. The predicted molar refractivity (Wildman–Crippen MR) is 338 cm³/mol. The molecule has 0 unspecified atom stereocenters. The second-order valence-corrected chi connectivity index (χ2v) is 22.2. The predicted octanol–water partition coefficient (Wildman–Crippen LogP) is 8.76. The standard InChI is InChI=1S/4C17H32O6.Zr/c4*1-4-7-10-21-17(22-11-8-5-2,23-12-9-6-3)14-15(18)13-16(19)20;/h4*4-14H2,1-3H3,(H,19,20);/q;;;;+4/p-4. The number of aliphatic carboxylic acids is 4. The molecule has 0 saturated heterocycles. The first-order valence-electron chi connectivity index (χ1n) is 34.5. The zero-order valence-electron chi connectivity index (χ0n) is 59.4. The van der Waals surface area contributed by atoms with E-state index in [1.54, 1.807) is 0 Å². The van der Waals surface area contributed by atoms with E-state index in [4.69, 9.17) is 56.8 Å². The Balaban J connectivity index is -0.000000369. The summed E-state index contributed by atoms with van der Waals surface area (Å²) in [6, 6.07) is 0. The SMILES string of the molecule is CCCCOC(CC(=O)CC(=O)[O-])(OCCCC)OCCCC.CCCCOC(CC(=O)CC(=O)[O-])(OCCCC)OCCCC.CCCCOC(CC(=O)CC(=O)[O-])(OCCCC)OCCCC.CCCCOC(CC(=O)CC(=O)[O-])(OCCCC)OCCCC.[Zr+4]. The third-order valence-corrected chi connectivity index (χ3v) is 12.9. The minimum atomic E-state index is -1.48. The molecular formula is C68H124O24Zr. The normalized spacial score (nSPS) is 11.5. The van der Waals surface area contributed by atoms with Gasteiger partial charge in [-0.25, -0.2) is 0 Å². The van der Waals surface area contributed by atoms with Crippen molar-refractivity contribution < 1.29 is 142 Å². The van der Waals surface area contributed by atoms with Crippen molar-refractivity contribution >= 4 is 47.0 Å². The maximum absolute atomic E-state index is 11.9. The summed E-state index contributed by atoms with van der Waals surface area (Å²) in [6.07, 6.45) is 17.4. The number of hydrogen-bond donors (Lipinski definition) is 0.